The van der Waals surface area contributed by atoms with E-state index >= 15 is 0 Å². The van der Waals surface area contributed by atoms with Crippen LogP contribution in [0.5, 0.6) is 0 Å². The Morgan fingerprint density at radius 2 is 2.19 bits per heavy atom. The number of aromatic nitrogens is 2. The minimum Gasteiger partial charge on any atom is -0.384 e. The maximum absolute atomic E-state index is 12.1. The molecule has 0 amide bonds. The third-order valence-electron chi connectivity index (χ3n) is 2.62. The van der Waals surface area contributed by atoms with Gasteiger partial charge in [0.15, 0.2) is 0 Å². The molecule has 0 bridgehead atoms. The highest BCUT2D eigenvalue weighted by molar-refractivity contribution is 7.89. The third kappa shape index (κ3) is 3.29. The van der Waals surface area contributed by atoms with Gasteiger partial charge in [-0.05, 0) is 6.07 Å². The number of H-pyrrole nitrogens is 1. The highest BCUT2D eigenvalue weighted by Gasteiger charge is 2.21. The zero-order valence-corrected chi connectivity index (χ0v) is 12.0. The topological polar surface area (TPSA) is 144 Å². The van der Waals surface area contributed by atoms with Gasteiger partial charge in [0, 0.05) is 24.2 Å². The predicted molar refractivity (Wildman–Crippen MR) is 75.1 cm³/mol. The molecule has 0 spiro atoms. The molecular formula is C10H10ClN5O4S. The van der Waals surface area contributed by atoms with Gasteiger partial charge in [-0.2, -0.15) is 5.10 Å². The minimum absolute atomic E-state index is 0.117. The normalized spacial score (nSPS) is 11.5. The number of anilines is 1. The molecule has 0 fully saturated rings. The second-order valence-electron chi connectivity index (χ2n) is 4.01. The molecule has 11 heteroatoms. The van der Waals surface area contributed by atoms with Gasteiger partial charge in [0.25, 0.3) is 5.69 Å². The van der Waals surface area contributed by atoms with Crippen LogP contribution in [0, 0.1) is 10.1 Å². The van der Waals surface area contributed by atoms with Crippen molar-refractivity contribution in [3.05, 3.63) is 45.1 Å². The first kappa shape index (κ1) is 15.2. The number of nitrogen functional groups attached to an aromatic ring is 1. The van der Waals surface area contributed by atoms with Crippen molar-refractivity contribution in [1.82, 2.24) is 14.9 Å². The summed E-state index contributed by atoms with van der Waals surface area (Å²) in [5.74, 6) is 0.225. The molecule has 1 aromatic carbocycles. The van der Waals surface area contributed by atoms with E-state index in [1.807, 2.05) is 0 Å². The van der Waals surface area contributed by atoms with Crippen LogP contribution < -0.4 is 10.5 Å². The fraction of sp³-hybridized carbons (Fsp3) is 0.100. The van der Waals surface area contributed by atoms with E-state index in [2.05, 4.69) is 14.9 Å². The van der Waals surface area contributed by atoms with Crippen LogP contribution in [0.2, 0.25) is 5.02 Å². The largest absolute Gasteiger partial charge is 0.384 e. The Hall–Kier alpha value is -2.17. The number of rotatable bonds is 5. The molecule has 2 rings (SSSR count). The van der Waals surface area contributed by atoms with E-state index in [0.29, 0.717) is 5.56 Å². The van der Waals surface area contributed by atoms with Crippen molar-refractivity contribution >= 4 is 33.1 Å². The number of hydrogen-bond acceptors (Lipinski definition) is 6. The maximum atomic E-state index is 12.1. The number of nitrogens with two attached hydrogens (primary N) is 1. The first-order valence-electron chi connectivity index (χ1n) is 5.52. The molecular weight excluding hydrogens is 322 g/mol. The standard InChI is InChI=1S/C10H10ClN5O4S/c11-8-2-1-7(16(17)18)3-9(8)21(19,20)14-5-6-4-13-15-10(6)12/h1-4,14H,5H2,(H3,12,13,15). The Bertz CT molecular complexity index is 788. The van der Waals surface area contributed by atoms with Crippen molar-refractivity contribution in [1.29, 1.82) is 0 Å². The average Bonchev–Trinajstić information content (AvgIpc) is 2.82. The molecule has 0 aliphatic rings. The van der Waals surface area contributed by atoms with Crippen LogP contribution in [0.1, 0.15) is 5.56 Å². The highest BCUT2D eigenvalue weighted by Crippen LogP contribution is 2.26. The molecule has 1 heterocycles. The third-order valence-corrected chi connectivity index (χ3v) is 4.50. The summed E-state index contributed by atoms with van der Waals surface area (Å²) in [5, 5.41) is 16.7. The van der Waals surface area contributed by atoms with E-state index in [4.69, 9.17) is 17.3 Å². The van der Waals surface area contributed by atoms with Crippen LogP contribution in [0.25, 0.3) is 0 Å². The lowest BCUT2D eigenvalue weighted by molar-refractivity contribution is -0.385. The van der Waals surface area contributed by atoms with Gasteiger partial charge in [-0.3, -0.25) is 15.2 Å². The molecule has 0 saturated heterocycles. The Morgan fingerprint density at radius 3 is 2.76 bits per heavy atom. The van der Waals surface area contributed by atoms with E-state index in [1.165, 1.54) is 6.20 Å². The molecule has 0 aliphatic carbocycles. The quantitative estimate of drug-likeness (QED) is 0.551. The van der Waals surface area contributed by atoms with Gasteiger partial charge >= 0.3 is 0 Å². The molecule has 0 unspecified atom stereocenters. The van der Waals surface area contributed by atoms with E-state index in [-0.39, 0.29) is 28.0 Å². The van der Waals surface area contributed by atoms with E-state index in [1.54, 1.807) is 0 Å². The van der Waals surface area contributed by atoms with Gasteiger partial charge in [-0.15, -0.1) is 0 Å². The molecule has 9 nitrogen and oxygen atoms in total. The number of aromatic amines is 1. The van der Waals surface area contributed by atoms with Gasteiger partial charge < -0.3 is 5.73 Å². The van der Waals surface area contributed by atoms with Crippen molar-refractivity contribution in [3.63, 3.8) is 0 Å². The predicted octanol–water partition coefficient (Wildman–Crippen LogP) is 1.03. The monoisotopic (exact) mass is 331 g/mol. The Morgan fingerprint density at radius 1 is 1.48 bits per heavy atom. The number of benzene rings is 1. The number of nitrogens with one attached hydrogen (secondary N) is 2. The van der Waals surface area contributed by atoms with E-state index < -0.39 is 14.9 Å². The summed E-state index contributed by atoms with van der Waals surface area (Å²) in [6.07, 6.45) is 1.37. The molecule has 2 aromatic rings. The van der Waals surface area contributed by atoms with Crippen LogP contribution in [0.4, 0.5) is 11.5 Å². The second kappa shape index (κ2) is 5.68. The van der Waals surface area contributed by atoms with Crippen LogP contribution in [-0.4, -0.2) is 23.5 Å². The number of halogens is 1. The van der Waals surface area contributed by atoms with Crippen molar-refractivity contribution in [2.75, 3.05) is 5.73 Å². The second-order valence-corrected chi connectivity index (χ2v) is 6.15. The smallest absolute Gasteiger partial charge is 0.270 e. The summed E-state index contributed by atoms with van der Waals surface area (Å²) in [4.78, 5) is 9.62. The Balaban J connectivity index is 2.29. The fourth-order valence-electron chi connectivity index (χ4n) is 1.52. The van der Waals surface area contributed by atoms with Crippen molar-refractivity contribution < 1.29 is 13.3 Å². The SMILES string of the molecule is Nc1[nH]ncc1CNS(=O)(=O)c1cc([N+](=O)[O-])ccc1Cl. The molecule has 21 heavy (non-hydrogen) atoms. The molecule has 0 aliphatic heterocycles. The Kier molecular flexibility index (Phi) is 4.11. The van der Waals surface area contributed by atoms with E-state index in [9.17, 15) is 18.5 Å². The summed E-state index contributed by atoms with van der Waals surface area (Å²) in [7, 11) is -4.02. The summed E-state index contributed by atoms with van der Waals surface area (Å²) < 4.78 is 26.5. The fourth-order valence-corrected chi connectivity index (χ4v) is 3.05. The number of nitro groups is 1. The maximum Gasteiger partial charge on any atom is 0.270 e. The molecule has 0 atom stereocenters. The highest BCUT2D eigenvalue weighted by atomic mass is 35.5. The van der Waals surface area contributed by atoms with Gasteiger partial charge in [0.2, 0.25) is 10.0 Å². The van der Waals surface area contributed by atoms with Crippen LogP contribution in [0.3, 0.4) is 0 Å². The zero-order valence-electron chi connectivity index (χ0n) is 10.4. The molecule has 1 aromatic heterocycles. The minimum atomic E-state index is -4.02. The number of hydrogen-bond donors (Lipinski definition) is 3. The number of non-ortho nitro benzene ring substituents is 1. The first-order valence-corrected chi connectivity index (χ1v) is 7.38. The van der Waals surface area contributed by atoms with Crippen LogP contribution in [-0.2, 0) is 16.6 Å². The average molecular weight is 332 g/mol. The van der Waals surface area contributed by atoms with Gasteiger partial charge in [0.1, 0.15) is 10.7 Å². The summed E-state index contributed by atoms with van der Waals surface area (Å²) in [5.41, 5.74) is 5.61. The first-order chi connectivity index (χ1) is 9.81. The van der Waals surface area contributed by atoms with Gasteiger partial charge in [0.05, 0.1) is 16.1 Å². The number of nitro benzene ring substituents is 1. The zero-order chi connectivity index (χ0) is 15.6. The summed E-state index contributed by atoms with van der Waals surface area (Å²) >= 11 is 5.79. The van der Waals surface area contributed by atoms with Crippen molar-refractivity contribution in [2.45, 2.75) is 11.4 Å². The summed E-state index contributed by atoms with van der Waals surface area (Å²) in [6.45, 7) is -0.121. The molecule has 4 N–H and O–H groups in total. The Labute approximate surface area is 124 Å². The number of nitrogens with zero attached hydrogens (tertiary/aromatic N) is 2. The van der Waals surface area contributed by atoms with Crippen LogP contribution in [0.15, 0.2) is 29.3 Å². The lowest BCUT2D eigenvalue weighted by atomic mass is 10.3. The lowest BCUT2D eigenvalue weighted by Crippen LogP contribution is -2.23. The molecule has 112 valence electrons. The number of sulfonamides is 1. The lowest BCUT2D eigenvalue weighted by Gasteiger charge is -2.07. The van der Waals surface area contributed by atoms with Gasteiger partial charge in [-0.25, -0.2) is 13.1 Å². The summed E-state index contributed by atoms with van der Waals surface area (Å²) in [6, 6.07) is 3.17. The van der Waals surface area contributed by atoms with Crippen LogP contribution >= 0.6 is 11.6 Å². The molecule has 0 saturated carbocycles. The van der Waals surface area contributed by atoms with Crippen molar-refractivity contribution in [3.8, 4) is 0 Å². The van der Waals surface area contributed by atoms with E-state index in [0.717, 1.165) is 18.2 Å². The van der Waals surface area contributed by atoms with Gasteiger partial charge in [-0.1, -0.05) is 11.6 Å². The molecule has 0 radical (unpaired) electrons. The van der Waals surface area contributed by atoms with Crippen molar-refractivity contribution in [2.24, 2.45) is 0 Å².